The third-order valence-electron chi connectivity index (χ3n) is 4.71. The average molecular weight is 308 g/mol. The molecule has 116 valence electrons. The third-order valence-corrected chi connectivity index (χ3v) is 6.52. The highest BCUT2D eigenvalue weighted by Gasteiger charge is 2.33. The highest BCUT2D eigenvalue weighted by molar-refractivity contribution is 7.91. The van der Waals surface area contributed by atoms with Crippen LogP contribution in [0.3, 0.4) is 0 Å². The quantitative estimate of drug-likeness (QED) is 0.922. The van der Waals surface area contributed by atoms with E-state index in [0.29, 0.717) is 4.90 Å². The van der Waals surface area contributed by atoms with Crippen molar-refractivity contribution >= 4 is 9.84 Å². The van der Waals surface area contributed by atoms with Gasteiger partial charge in [0.1, 0.15) is 0 Å². The summed E-state index contributed by atoms with van der Waals surface area (Å²) in [5.74, 6) is 1.05. The van der Waals surface area contributed by atoms with Crippen LogP contribution in [0.1, 0.15) is 31.4 Å². The van der Waals surface area contributed by atoms with Crippen LogP contribution in [0.2, 0.25) is 0 Å². The van der Waals surface area contributed by atoms with Crippen LogP contribution in [-0.4, -0.2) is 45.2 Å². The maximum absolute atomic E-state index is 12.1. The van der Waals surface area contributed by atoms with Gasteiger partial charge in [0.2, 0.25) is 0 Å². The van der Waals surface area contributed by atoms with E-state index in [9.17, 15) is 8.42 Å². The summed E-state index contributed by atoms with van der Waals surface area (Å²) in [7, 11) is -3.09. The fourth-order valence-electron chi connectivity index (χ4n) is 3.30. The van der Waals surface area contributed by atoms with Crippen LogP contribution >= 0.6 is 0 Å². The van der Waals surface area contributed by atoms with Crippen LogP contribution < -0.4 is 5.32 Å². The van der Waals surface area contributed by atoms with Gasteiger partial charge in [0.05, 0.1) is 10.6 Å². The Morgan fingerprint density at radius 2 is 1.95 bits per heavy atom. The van der Waals surface area contributed by atoms with Crippen LogP contribution in [0.4, 0.5) is 0 Å². The first-order valence-electron chi connectivity index (χ1n) is 7.84. The van der Waals surface area contributed by atoms with E-state index in [1.165, 1.54) is 25.9 Å². The first-order valence-corrected chi connectivity index (χ1v) is 9.49. The number of hydrogen-bond donors (Lipinski definition) is 1. The van der Waals surface area contributed by atoms with Gasteiger partial charge in [-0.2, -0.15) is 0 Å². The van der Waals surface area contributed by atoms with Gasteiger partial charge in [-0.15, -0.1) is 0 Å². The van der Waals surface area contributed by atoms with Crippen molar-refractivity contribution in [2.75, 3.05) is 31.9 Å². The summed E-state index contributed by atoms with van der Waals surface area (Å²) in [5.41, 5.74) is 0.935. The molecule has 5 heteroatoms. The number of rotatable bonds is 4. The molecule has 0 bridgehead atoms. The van der Waals surface area contributed by atoms with E-state index in [1.807, 2.05) is 12.1 Å². The van der Waals surface area contributed by atoms with Crippen molar-refractivity contribution in [2.45, 2.75) is 30.7 Å². The lowest BCUT2D eigenvalue weighted by Crippen LogP contribution is -2.38. The summed E-state index contributed by atoms with van der Waals surface area (Å²) in [6.45, 7) is 6.51. The fourth-order valence-corrected chi connectivity index (χ4v) is 5.07. The maximum atomic E-state index is 12.1. The van der Waals surface area contributed by atoms with Crippen molar-refractivity contribution in [2.24, 2.45) is 5.92 Å². The summed E-state index contributed by atoms with van der Waals surface area (Å²) in [6, 6.07) is 7.32. The number of nitrogens with zero attached hydrogens (tertiary/aromatic N) is 1. The fraction of sp³-hybridized carbons (Fsp3) is 0.625. The molecule has 0 amide bonds. The Morgan fingerprint density at radius 1 is 1.24 bits per heavy atom. The van der Waals surface area contributed by atoms with Gasteiger partial charge in [0, 0.05) is 19.1 Å². The lowest BCUT2D eigenvalue weighted by Gasteiger charge is -2.30. The van der Waals surface area contributed by atoms with Gasteiger partial charge < -0.3 is 10.2 Å². The summed E-state index contributed by atoms with van der Waals surface area (Å²) >= 11 is 0. The molecule has 0 aromatic heterocycles. The van der Waals surface area contributed by atoms with Gasteiger partial charge >= 0.3 is 0 Å². The summed E-state index contributed by atoms with van der Waals surface area (Å²) in [4.78, 5) is 2.98. The zero-order chi connectivity index (χ0) is 14.9. The van der Waals surface area contributed by atoms with Crippen LogP contribution in [0, 0.1) is 5.92 Å². The van der Waals surface area contributed by atoms with E-state index in [2.05, 4.69) is 17.1 Å². The summed E-state index contributed by atoms with van der Waals surface area (Å²) in [6.07, 6.45) is 2.56. The second-order valence-electron chi connectivity index (χ2n) is 6.35. The second kappa shape index (κ2) is 6.07. The van der Waals surface area contributed by atoms with Gasteiger partial charge in [-0.25, -0.2) is 8.42 Å². The monoisotopic (exact) mass is 308 g/mol. The molecule has 1 unspecified atom stereocenters. The standard InChI is InChI=1S/C16H24N2O2S/c1-13-6-9-18(10-7-13)11-8-17-15-12-21(19,20)16-5-3-2-4-14(15)16/h2-5,13,15,17H,6-12H2,1H3. The minimum Gasteiger partial charge on any atom is -0.308 e. The molecule has 0 spiro atoms. The lowest BCUT2D eigenvalue weighted by molar-refractivity contribution is 0.191. The molecule has 1 saturated heterocycles. The van der Waals surface area contributed by atoms with Crippen LogP contribution in [-0.2, 0) is 9.84 Å². The third kappa shape index (κ3) is 3.30. The van der Waals surface area contributed by atoms with E-state index in [1.54, 1.807) is 12.1 Å². The molecule has 0 radical (unpaired) electrons. The zero-order valence-electron chi connectivity index (χ0n) is 12.6. The van der Waals surface area contributed by atoms with Crippen LogP contribution in [0.15, 0.2) is 29.2 Å². The van der Waals surface area contributed by atoms with E-state index >= 15 is 0 Å². The van der Waals surface area contributed by atoms with Gasteiger partial charge in [0.25, 0.3) is 0 Å². The van der Waals surface area contributed by atoms with Crippen molar-refractivity contribution in [3.05, 3.63) is 29.8 Å². The predicted octanol–water partition coefficient (Wildman–Crippen LogP) is 1.84. The molecule has 21 heavy (non-hydrogen) atoms. The Balaban J connectivity index is 1.55. The van der Waals surface area contributed by atoms with Gasteiger partial charge in [0.15, 0.2) is 9.84 Å². The molecule has 2 aliphatic rings. The molecule has 2 aliphatic heterocycles. The number of likely N-dealkylation sites (tertiary alicyclic amines) is 1. The average Bonchev–Trinajstić information content (AvgIpc) is 2.73. The highest BCUT2D eigenvalue weighted by atomic mass is 32.2. The van der Waals surface area contributed by atoms with Gasteiger partial charge in [-0.1, -0.05) is 25.1 Å². The molecule has 1 fully saturated rings. The second-order valence-corrected chi connectivity index (χ2v) is 8.35. The van der Waals surface area contributed by atoms with Gasteiger partial charge in [-0.3, -0.25) is 0 Å². The van der Waals surface area contributed by atoms with Crippen molar-refractivity contribution in [1.29, 1.82) is 0 Å². The smallest absolute Gasteiger partial charge is 0.180 e. The minimum absolute atomic E-state index is 0.0464. The predicted molar refractivity (Wildman–Crippen MR) is 84.1 cm³/mol. The molecule has 1 N–H and O–H groups in total. The molecule has 1 atom stereocenters. The highest BCUT2D eigenvalue weighted by Crippen LogP contribution is 2.32. The Hall–Kier alpha value is -0.910. The van der Waals surface area contributed by atoms with Crippen molar-refractivity contribution in [3.63, 3.8) is 0 Å². The molecule has 4 nitrogen and oxygen atoms in total. The first kappa shape index (κ1) is 15.0. The number of sulfone groups is 1. The summed E-state index contributed by atoms with van der Waals surface area (Å²) < 4.78 is 24.2. The molecule has 1 aromatic carbocycles. The number of piperidine rings is 1. The van der Waals surface area contributed by atoms with E-state index in [-0.39, 0.29) is 11.8 Å². The first-order chi connectivity index (χ1) is 10.1. The Kier molecular flexibility index (Phi) is 4.33. The van der Waals surface area contributed by atoms with E-state index in [4.69, 9.17) is 0 Å². The molecular formula is C16H24N2O2S. The molecule has 0 saturated carbocycles. The van der Waals surface area contributed by atoms with Crippen molar-refractivity contribution in [1.82, 2.24) is 10.2 Å². The molecule has 3 rings (SSSR count). The SMILES string of the molecule is CC1CCN(CCNC2CS(=O)(=O)c3ccccc32)CC1. The zero-order valence-corrected chi connectivity index (χ0v) is 13.4. The molecule has 0 aliphatic carbocycles. The van der Waals surface area contributed by atoms with E-state index in [0.717, 1.165) is 24.6 Å². The lowest BCUT2D eigenvalue weighted by atomic mass is 9.99. The number of hydrogen-bond acceptors (Lipinski definition) is 4. The molecule has 1 aromatic rings. The number of nitrogens with one attached hydrogen (secondary N) is 1. The number of fused-ring (bicyclic) bond motifs is 1. The molecule has 2 heterocycles. The van der Waals surface area contributed by atoms with Crippen molar-refractivity contribution < 1.29 is 8.42 Å². The van der Waals surface area contributed by atoms with Gasteiger partial charge in [-0.05, 0) is 43.5 Å². The molecular weight excluding hydrogens is 284 g/mol. The Labute approximate surface area is 127 Å². The Bertz CT molecular complexity index is 592. The van der Waals surface area contributed by atoms with Crippen LogP contribution in [0.25, 0.3) is 0 Å². The normalized spacial score (nSPS) is 25.9. The van der Waals surface area contributed by atoms with Crippen LogP contribution in [0.5, 0.6) is 0 Å². The van der Waals surface area contributed by atoms with Crippen molar-refractivity contribution in [3.8, 4) is 0 Å². The topological polar surface area (TPSA) is 49.4 Å². The largest absolute Gasteiger partial charge is 0.308 e. The Morgan fingerprint density at radius 3 is 2.71 bits per heavy atom. The minimum atomic E-state index is -3.09. The summed E-state index contributed by atoms with van der Waals surface area (Å²) in [5, 5.41) is 3.43. The van der Waals surface area contributed by atoms with E-state index < -0.39 is 9.84 Å². The maximum Gasteiger partial charge on any atom is 0.180 e. The number of benzene rings is 1.